The fourth-order valence-electron chi connectivity index (χ4n) is 2.42. The van der Waals surface area contributed by atoms with Gasteiger partial charge in [0.1, 0.15) is 0 Å². The van der Waals surface area contributed by atoms with Crippen LogP contribution in [0.25, 0.3) is 11.1 Å². The van der Waals surface area contributed by atoms with Crippen molar-refractivity contribution in [3.8, 4) is 11.5 Å². The third-order valence-corrected chi connectivity index (χ3v) is 3.59. The Labute approximate surface area is 131 Å². The zero-order valence-corrected chi connectivity index (χ0v) is 12.1. The Balaban J connectivity index is 1.40. The number of anilines is 1. The van der Waals surface area contributed by atoms with Gasteiger partial charge in [-0.05, 0) is 36.2 Å². The Bertz CT molecular complexity index is 875. The first kappa shape index (κ1) is 13.6. The predicted molar refractivity (Wildman–Crippen MR) is 81.3 cm³/mol. The van der Waals surface area contributed by atoms with Gasteiger partial charge in [0.2, 0.25) is 12.7 Å². The van der Waals surface area contributed by atoms with E-state index in [0.717, 1.165) is 17.1 Å². The highest BCUT2D eigenvalue weighted by Crippen LogP contribution is 2.32. The maximum atomic E-state index is 12.1. The van der Waals surface area contributed by atoms with Crippen LogP contribution < -0.4 is 14.8 Å². The number of rotatable bonds is 4. The summed E-state index contributed by atoms with van der Waals surface area (Å²) >= 11 is 0. The Morgan fingerprint density at radius 1 is 1.22 bits per heavy atom. The predicted octanol–water partition coefficient (Wildman–Crippen LogP) is 2.52. The lowest BCUT2D eigenvalue weighted by Gasteiger charge is -2.04. The maximum Gasteiger partial charge on any atom is 0.259 e. The molecule has 1 amide bonds. The van der Waals surface area contributed by atoms with Crippen LogP contribution in [-0.4, -0.2) is 22.8 Å². The number of amides is 1. The van der Waals surface area contributed by atoms with Crippen molar-refractivity contribution in [2.24, 2.45) is 0 Å². The summed E-state index contributed by atoms with van der Waals surface area (Å²) in [4.78, 5) is 16.1. The van der Waals surface area contributed by atoms with Gasteiger partial charge in [0.05, 0.1) is 5.39 Å². The molecular weight excluding hydrogens is 298 g/mol. The number of ether oxygens (including phenoxy) is 2. The molecule has 0 spiro atoms. The molecule has 0 bridgehead atoms. The van der Waals surface area contributed by atoms with Crippen LogP contribution >= 0.6 is 0 Å². The van der Waals surface area contributed by atoms with E-state index in [-0.39, 0.29) is 12.7 Å². The van der Waals surface area contributed by atoms with E-state index >= 15 is 0 Å². The quantitative estimate of drug-likeness (QED) is 0.796. The van der Waals surface area contributed by atoms with Crippen molar-refractivity contribution in [3.05, 3.63) is 42.1 Å². The maximum absolute atomic E-state index is 12.1. The number of aromatic nitrogens is 2. The highest BCUT2D eigenvalue weighted by molar-refractivity contribution is 5.97. The Hall–Kier alpha value is -3.09. The molecule has 4 rings (SSSR count). The normalized spacial score (nSPS) is 12.5. The summed E-state index contributed by atoms with van der Waals surface area (Å²) in [6.45, 7) is 0.243. The molecule has 0 atom stereocenters. The summed E-state index contributed by atoms with van der Waals surface area (Å²) < 4.78 is 15.6. The number of carbonyl (C=O) groups excluding carboxylic acids is 1. The van der Waals surface area contributed by atoms with Crippen molar-refractivity contribution in [1.29, 1.82) is 0 Å². The van der Waals surface area contributed by atoms with Crippen LogP contribution in [0, 0.1) is 0 Å². The monoisotopic (exact) mass is 311 g/mol. The molecule has 0 radical (unpaired) electrons. The first-order valence-corrected chi connectivity index (χ1v) is 7.18. The summed E-state index contributed by atoms with van der Waals surface area (Å²) in [6, 6.07) is 9.24. The molecule has 1 N–H and O–H groups in total. The van der Waals surface area contributed by atoms with Gasteiger partial charge in [0.25, 0.3) is 5.71 Å². The largest absolute Gasteiger partial charge is 0.454 e. The van der Waals surface area contributed by atoms with E-state index in [2.05, 4.69) is 15.5 Å². The Morgan fingerprint density at radius 2 is 2.13 bits per heavy atom. The Morgan fingerprint density at radius 3 is 3.09 bits per heavy atom. The number of nitrogens with zero attached hydrogens (tertiary/aromatic N) is 2. The first-order valence-electron chi connectivity index (χ1n) is 7.18. The smallest absolute Gasteiger partial charge is 0.259 e. The highest BCUT2D eigenvalue weighted by atomic mass is 16.7. The minimum absolute atomic E-state index is 0.137. The van der Waals surface area contributed by atoms with Gasteiger partial charge in [0.15, 0.2) is 17.3 Å². The molecule has 0 saturated heterocycles. The van der Waals surface area contributed by atoms with Gasteiger partial charge >= 0.3 is 0 Å². The topological polar surface area (TPSA) is 86.5 Å². The van der Waals surface area contributed by atoms with Crippen molar-refractivity contribution in [2.45, 2.75) is 12.8 Å². The van der Waals surface area contributed by atoms with Gasteiger partial charge in [0, 0.05) is 12.6 Å². The van der Waals surface area contributed by atoms with Crippen LogP contribution in [0.1, 0.15) is 12.0 Å². The zero-order chi connectivity index (χ0) is 15.6. The molecule has 0 fully saturated rings. The third-order valence-electron chi connectivity index (χ3n) is 3.59. The molecule has 1 aliphatic heterocycles. The molecule has 2 aromatic heterocycles. The Kier molecular flexibility index (Phi) is 3.30. The number of pyridine rings is 1. The van der Waals surface area contributed by atoms with Gasteiger partial charge in [-0.2, -0.15) is 0 Å². The molecule has 23 heavy (non-hydrogen) atoms. The molecule has 116 valence electrons. The van der Waals surface area contributed by atoms with E-state index in [0.29, 0.717) is 29.8 Å². The van der Waals surface area contributed by atoms with Crippen molar-refractivity contribution in [2.75, 3.05) is 12.1 Å². The lowest BCUT2D eigenvalue weighted by Crippen LogP contribution is -2.12. The molecule has 7 nitrogen and oxygen atoms in total. The van der Waals surface area contributed by atoms with Gasteiger partial charge < -0.3 is 19.3 Å². The molecule has 3 heterocycles. The van der Waals surface area contributed by atoms with Crippen LogP contribution in [0.2, 0.25) is 0 Å². The molecule has 7 heteroatoms. The summed E-state index contributed by atoms with van der Waals surface area (Å²) in [5.74, 6) is 1.71. The summed E-state index contributed by atoms with van der Waals surface area (Å²) in [5.41, 5.74) is 1.41. The number of hydrogen-bond donors (Lipinski definition) is 1. The van der Waals surface area contributed by atoms with Gasteiger partial charge in [-0.3, -0.25) is 4.79 Å². The SMILES string of the molecule is O=C(CCc1ccc2c(c1)OCO2)Nc1noc2ncccc12. The molecule has 1 aliphatic rings. The van der Waals surface area contributed by atoms with Crippen molar-refractivity contribution >= 4 is 22.8 Å². The first-order chi connectivity index (χ1) is 11.3. The number of aryl methyl sites for hydroxylation is 1. The number of fused-ring (bicyclic) bond motifs is 2. The zero-order valence-electron chi connectivity index (χ0n) is 12.1. The molecule has 3 aromatic rings. The van der Waals surface area contributed by atoms with E-state index < -0.39 is 0 Å². The van der Waals surface area contributed by atoms with Crippen molar-refractivity contribution in [1.82, 2.24) is 10.1 Å². The molecule has 0 saturated carbocycles. The van der Waals surface area contributed by atoms with E-state index in [1.54, 1.807) is 18.3 Å². The van der Waals surface area contributed by atoms with Crippen molar-refractivity contribution in [3.63, 3.8) is 0 Å². The molecule has 0 aliphatic carbocycles. The summed E-state index contributed by atoms with van der Waals surface area (Å²) in [7, 11) is 0. The standard InChI is InChI=1S/C16H13N3O4/c20-14(18-15-11-2-1-7-17-16(11)23-19-15)6-4-10-3-5-12-13(8-10)22-9-21-12/h1-3,5,7-8H,4,6,9H2,(H,18,19,20). The minimum atomic E-state index is -0.137. The highest BCUT2D eigenvalue weighted by Gasteiger charge is 2.15. The van der Waals surface area contributed by atoms with Crippen LogP contribution in [-0.2, 0) is 11.2 Å². The second-order valence-corrected chi connectivity index (χ2v) is 5.12. The van der Waals surface area contributed by atoms with E-state index in [1.807, 2.05) is 18.2 Å². The number of hydrogen-bond acceptors (Lipinski definition) is 6. The second kappa shape index (κ2) is 5.60. The number of benzene rings is 1. The van der Waals surface area contributed by atoms with E-state index in [4.69, 9.17) is 14.0 Å². The van der Waals surface area contributed by atoms with Gasteiger partial charge in [-0.15, -0.1) is 0 Å². The minimum Gasteiger partial charge on any atom is -0.454 e. The van der Waals surface area contributed by atoms with Crippen LogP contribution in [0.5, 0.6) is 11.5 Å². The van der Waals surface area contributed by atoms with Crippen LogP contribution in [0.3, 0.4) is 0 Å². The third kappa shape index (κ3) is 2.68. The van der Waals surface area contributed by atoms with E-state index in [9.17, 15) is 4.79 Å². The average molecular weight is 311 g/mol. The number of carbonyl (C=O) groups is 1. The van der Waals surface area contributed by atoms with Gasteiger partial charge in [-0.1, -0.05) is 11.2 Å². The average Bonchev–Trinajstić information content (AvgIpc) is 3.20. The lowest BCUT2D eigenvalue weighted by atomic mass is 10.1. The second-order valence-electron chi connectivity index (χ2n) is 5.12. The van der Waals surface area contributed by atoms with Gasteiger partial charge in [-0.25, -0.2) is 4.98 Å². The summed E-state index contributed by atoms with van der Waals surface area (Å²) in [5, 5.41) is 7.26. The number of nitrogens with one attached hydrogen (secondary N) is 1. The van der Waals surface area contributed by atoms with Crippen molar-refractivity contribution < 1.29 is 18.8 Å². The van der Waals surface area contributed by atoms with Crippen LogP contribution in [0.15, 0.2) is 41.1 Å². The van der Waals surface area contributed by atoms with E-state index in [1.165, 1.54) is 0 Å². The fourth-order valence-corrected chi connectivity index (χ4v) is 2.42. The summed E-state index contributed by atoms with van der Waals surface area (Å²) in [6.07, 6.45) is 2.53. The molecular formula is C16H13N3O4. The van der Waals surface area contributed by atoms with Crippen LogP contribution in [0.4, 0.5) is 5.82 Å². The molecule has 1 aromatic carbocycles. The molecule has 0 unspecified atom stereocenters. The lowest BCUT2D eigenvalue weighted by molar-refractivity contribution is -0.116. The fraction of sp³-hybridized carbons (Fsp3) is 0.188.